The van der Waals surface area contributed by atoms with Crippen molar-refractivity contribution in [2.75, 3.05) is 24.3 Å². The van der Waals surface area contributed by atoms with Crippen LogP contribution in [0.15, 0.2) is 30.3 Å². The lowest BCUT2D eigenvalue weighted by atomic mass is 10.0. The molecule has 1 aliphatic rings. The van der Waals surface area contributed by atoms with Gasteiger partial charge >= 0.3 is 0 Å². The molecule has 2 amide bonds. The molecule has 1 aromatic carbocycles. The van der Waals surface area contributed by atoms with Gasteiger partial charge < -0.3 is 10.2 Å². The number of nitrogens with one attached hydrogen (secondary N) is 1. The van der Waals surface area contributed by atoms with Gasteiger partial charge in [0.1, 0.15) is 10.9 Å². The Morgan fingerprint density at radius 3 is 2.48 bits per heavy atom. The number of halogens is 1. The lowest BCUT2D eigenvalue weighted by Crippen LogP contribution is -2.36. The van der Waals surface area contributed by atoms with Crippen molar-refractivity contribution >= 4 is 39.8 Å². The van der Waals surface area contributed by atoms with Crippen molar-refractivity contribution < 1.29 is 9.59 Å². The van der Waals surface area contributed by atoms with E-state index >= 15 is 0 Å². The number of anilines is 1. The van der Waals surface area contributed by atoms with E-state index in [2.05, 4.69) is 5.32 Å². The van der Waals surface area contributed by atoms with Crippen LogP contribution in [-0.2, 0) is 4.79 Å². The van der Waals surface area contributed by atoms with E-state index < -0.39 is 0 Å². The van der Waals surface area contributed by atoms with E-state index in [1.54, 1.807) is 0 Å². The molecular weight excluding hydrogens is 356 g/mol. The SMILES string of the molecule is Cc1c(-c2ccccc2)sc(NC(=O)CCl)c1C(=O)N1CCCCC1. The zero-order chi connectivity index (χ0) is 17.8. The fraction of sp³-hybridized carbons (Fsp3) is 0.368. The van der Waals surface area contributed by atoms with Gasteiger partial charge in [-0.15, -0.1) is 22.9 Å². The molecule has 0 aliphatic carbocycles. The summed E-state index contributed by atoms with van der Waals surface area (Å²) in [6, 6.07) is 9.93. The first-order valence-corrected chi connectivity index (χ1v) is 9.81. The molecule has 0 saturated carbocycles. The molecule has 0 radical (unpaired) electrons. The standard InChI is InChI=1S/C19H21ClN2O2S/c1-13-16(19(24)22-10-6-3-7-11-22)18(21-15(23)12-20)25-17(13)14-8-4-2-5-9-14/h2,4-5,8-9H,3,6-7,10-12H2,1H3,(H,21,23). The Labute approximate surface area is 156 Å². The van der Waals surface area contributed by atoms with Crippen molar-refractivity contribution in [3.05, 3.63) is 41.5 Å². The zero-order valence-corrected chi connectivity index (χ0v) is 15.8. The molecule has 0 bridgehead atoms. The number of alkyl halides is 1. The lowest BCUT2D eigenvalue weighted by molar-refractivity contribution is -0.113. The summed E-state index contributed by atoms with van der Waals surface area (Å²) in [6.45, 7) is 3.50. The molecule has 1 N–H and O–H groups in total. The van der Waals surface area contributed by atoms with Gasteiger partial charge in [0.15, 0.2) is 0 Å². The normalized spacial score (nSPS) is 14.4. The Hall–Kier alpha value is -1.85. The minimum atomic E-state index is -0.296. The van der Waals surface area contributed by atoms with E-state index in [1.807, 2.05) is 42.2 Å². The molecule has 6 heteroatoms. The first-order valence-electron chi connectivity index (χ1n) is 8.45. The van der Waals surface area contributed by atoms with Crippen LogP contribution in [0.1, 0.15) is 35.2 Å². The molecule has 4 nitrogen and oxygen atoms in total. The number of benzene rings is 1. The maximum absolute atomic E-state index is 13.1. The van der Waals surface area contributed by atoms with Crippen molar-refractivity contribution in [2.24, 2.45) is 0 Å². The van der Waals surface area contributed by atoms with Gasteiger partial charge in [0.25, 0.3) is 5.91 Å². The Morgan fingerprint density at radius 1 is 1.16 bits per heavy atom. The summed E-state index contributed by atoms with van der Waals surface area (Å²) in [6.07, 6.45) is 3.23. The smallest absolute Gasteiger partial charge is 0.257 e. The summed E-state index contributed by atoms with van der Waals surface area (Å²) in [7, 11) is 0. The maximum Gasteiger partial charge on any atom is 0.257 e. The van der Waals surface area contributed by atoms with E-state index in [0.717, 1.165) is 48.4 Å². The van der Waals surface area contributed by atoms with Gasteiger partial charge in [0.2, 0.25) is 5.91 Å². The predicted octanol–water partition coefficient (Wildman–Crippen LogP) is 4.53. The Morgan fingerprint density at radius 2 is 1.84 bits per heavy atom. The average Bonchev–Trinajstić information content (AvgIpc) is 2.98. The zero-order valence-electron chi connectivity index (χ0n) is 14.2. The van der Waals surface area contributed by atoms with Crippen molar-refractivity contribution in [1.82, 2.24) is 4.90 Å². The van der Waals surface area contributed by atoms with Crippen molar-refractivity contribution in [3.8, 4) is 10.4 Å². The van der Waals surface area contributed by atoms with Crippen molar-refractivity contribution in [3.63, 3.8) is 0 Å². The van der Waals surface area contributed by atoms with Crippen molar-refractivity contribution in [1.29, 1.82) is 0 Å². The number of nitrogens with zero attached hydrogens (tertiary/aromatic N) is 1. The second-order valence-corrected chi connectivity index (χ2v) is 7.45. The topological polar surface area (TPSA) is 49.4 Å². The molecule has 1 aromatic heterocycles. The summed E-state index contributed by atoms with van der Waals surface area (Å²) in [4.78, 5) is 27.8. The minimum absolute atomic E-state index is 0.000466. The van der Waals surface area contributed by atoms with Crippen LogP contribution < -0.4 is 5.32 Å². The first-order chi connectivity index (χ1) is 12.1. The predicted molar refractivity (Wildman–Crippen MR) is 104 cm³/mol. The number of hydrogen-bond donors (Lipinski definition) is 1. The third kappa shape index (κ3) is 3.88. The van der Waals surface area contributed by atoms with Gasteiger partial charge in [-0.2, -0.15) is 0 Å². The lowest BCUT2D eigenvalue weighted by Gasteiger charge is -2.27. The summed E-state index contributed by atoms with van der Waals surface area (Å²) in [5.74, 6) is -0.426. The average molecular weight is 377 g/mol. The third-order valence-corrected chi connectivity index (χ3v) is 5.91. The van der Waals surface area contributed by atoms with Crippen LogP contribution in [0.2, 0.25) is 0 Å². The second kappa shape index (κ2) is 8.02. The highest BCUT2D eigenvalue weighted by Gasteiger charge is 2.27. The number of carbonyl (C=O) groups is 2. The monoisotopic (exact) mass is 376 g/mol. The Kier molecular flexibility index (Phi) is 5.76. The van der Waals surface area contributed by atoms with Gasteiger partial charge in [-0.25, -0.2) is 0 Å². The highest BCUT2D eigenvalue weighted by molar-refractivity contribution is 7.20. The van der Waals surface area contributed by atoms with E-state index in [1.165, 1.54) is 11.3 Å². The molecule has 2 heterocycles. The molecule has 1 aliphatic heterocycles. The quantitative estimate of drug-likeness (QED) is 0.797. The highest BCUT2D eigenvalue weighted by atomic mass is 35.5. The van der Waals surface area contributed by atoms with E-state index in [4.69, 9.17) is 11.6 Å². The molecule has 0 spiro atoms. The fourth-order valence-corrected chi connectivity index (χ4v) is 4.43. The number of carbonyl (C=O) groups excluding carboxylic acids is 2. The second-order valence-electron chi connectivity index (χ2n) is 6.16. The largest absolute Gasteiger partial charge is 0.339 e. The van der Waals surface area contributed by atoms with Crippen LogP contribution in [0, 0.1) is 6.92 Å². The van der Waals surface area contributed by atoms with Crippen LogP contribution in [-0.4, -0.2) is 35.7 Å². The molecule has 3 rings (SSSR count). The summed E-state index contributed by atoms with van der Waals surface area (Å²) in [5.41, 5.74) is 2.56. The maximum atomic E-state index is 13.1. The van der Waals surface area contributed by atoms with Gasteiger partial charge in [0, 0.05) is 18.0 Å². The van der Waals surface area contributed by atoms with Crippen LogP contribution in [0.4, 0.5) is 5.00 Å². The molecule has 1 fully saturated rings. The molecule has 0 unspecified atom stereocenters. The number of likely N-dealkylation sites (tertiary alicyclic amines) is 1. The third-order valence-electron chi connectivity index (χ3n) is 4.41. The molecule has 2 aromatic rings. The van der Waals surface area contributed by atoms with Crippen LogP contribution in [0.5, 0.6) is 0 Å². The van der Waals surface area contributed by atoms with Crippen LogP contribution in [0.3, 0.4) is 0 Å². The molecule has 0 atom stereocenters. The van der Waals surface area contributed by atoms with Gasteiger partial charge in [0.05, 0.1) is 5.56 Å². The number of rotatable bonds is 4. The summed E-state index contributed by atoms with van der Waals surface area (Å²) < 4.78 is 0. The van der Waals surface area contributed by atoms with E-state index in [0.29, 0.717) is 10.6 Å². The summed E-state index contributed by atoms with van der Waals surface area (Å²) >= 11 is 7.08. The highest BCUT2D eigenvalue weighted by Crippen LogP contribution is 2.40. The molecule has 1 saturated heterocycles. The van der Waals surface area contributed by atoms with Crippen LogP contribution in [0.25, 0.3) is 10.4 Å². The number of piperidine rings is 1. The fourth-order valence-electron chi connectivity index (χ4n) is 3.14. The first kappa shape index (κ1) is 18.0. The van der Waals surface area contributed by atoms with Gasteiger partial charge in [-0.3, -0.25) is 9.59 Å². The van der Waals surface area contributed by atoms with E-state index in [-0.39, 0.29) is 17.7 Å². The Bertz CT molecular complexity index is 767. The number of hydrogen-bond acceptors (Lipinski definition) is 3. The molecular formula is C19H21ClN2O2S. The van der Waals surface area contributed by atoms with Crippen molar-refractivity contribution in [2.45, 2.75) is 26.2 Å². The number of thiophene rings is 1. The minimum Gasteiger partial charge on any atom is -0.339 e. The van der Waals surface area contributed by atoms with Crippen LogP contribution >= 0.6 is 22.9 Å². The molecule has 25 heavy (non-hydrogen) atoms. The van der Waals surface area contributed by atoms with E-state index in [9.17, 15) is 9.59 Å². The van der Waals surface area contributed by atoms with Gasteiger partial charge in [-0.1, -0.05) is 30.3 Å². The molecule has 132 valence electrons. The Balaban J connectivity index is 2.03. The number of amides is 2. The van der Waals surface area contributed by atoms with Gasteiger partial charge in [-0.05, 0) is 37.3 Å². The summed E-state index contributed by atoms with van der Waals surface area (Å²) in [5, 5.41) is 3.41.